The highest BCUT2D eigenvalue weighted by atomic mass is 32.2. The molecule has 0 aliphatic carbocycles. The van der Waals surface area contributed by atoms with Gasteiger partial charge in [-0.2, -0.15) is 8.42 Å². The standard InChI is InChI=1S/C46H79NO4S/c1-4-6-8-10-12-14-16-18-20-22-24-26-32-42-34-28-30-36-44(42)38-47(3,40-46(48)41-52(49,50)51)39-45-37-31-29-35-43(45)33-27-25-23-21-19-17-15-13-11-9-7-5-2/h28-31,34-37,46,48H,4-27,32-33,38-41H2,1-3H3/p+1. The summed E-state index contributed by atoms with van der Waals surface area (Å²) in [5.41, 5.74) is 5.25. The number of hydrogen-bond donors (Lipinski definition) is 2. The third-order valence-corrected chi connectivity index (χ3v) is 11.8. The molecule has 0 radical (unpaired) electrons. The maximum absolute atomic E-state index is 11.7. The van der Waals surface area contributed by atoms with E-state index in [0.29, 0.717) is 17.6 Å². The normalized spacial score (nSPS) is 12.8. The Labute approximate surface area is 321 Å². The van der Waals surface area contributed by atoms with Crippen molar-refractivity contribution in [2.75, 3.05) is 19.3 Å². The summed E-state index contributed by atoms with van der Waals surface area (Å²) in [7, 11) is -2.15. The molecule has 0 aliphatic rings. The first kappa shape index (κ1) is 46.4. The van der Waals surface area contributed by atoms with Crippen molar-refractivity contribution < 1.29 is 22.6 Å². The molecule has 52 heavy (non-hydrogen) atoms. The van der Waals surface area contributed by atoms with Crippen molar-refractivity contribution in [1.29, 1.82) is 0 Å². The van der Waals surface area contributed by atoms with Crippen LogP contribution in [-0.4, -0.2) is 48.0 Å². The zero-order chi connectivity index (χ0) is 37.8. The Balaban J connectivity index is 1.93. The minimum atomic E-state index is -4.28. The summed E-state index contributed by atoms with van der Waals surface area (Å²) in [5.74, 6) is -0.637. The van der Waals surface area contributed by atoms with Gasteiger partial charge in [0, 0.05) is 11.1 Å². The quantitative estimate of drug-likeness (QED) is 0.0425. The first-order valence-corrected chi connectivity index (χ1v) is 23.4. The fourth-order valence-corrected chi connectivity index (χ4v) is 8.63. The van der Waals surface area contributed by atoms with Gasteiger partial charge in [-0.1, -0.05) is 204 Å². The summed E-state index contributed by atoms with van der Waals surface area (Å²) >= 11 is 0. The molecule has 0 fully saturated rings. The molecule has 2 N–H and O–H groups in total. The minimum Gasteiger partial charge on any atom is -0.386 e. The second kappa shape index (κ2) is 28.7. The van der Waals surface area contributed by atoms with E-state index in [9.17, 15) is 18.1 Å². The average Bonchev–Trinajstić information content (AvgIpc) is 3.09. The summed E-state index contributed by atoms with van der Waals surface area (Å²) < 4.78 is 33.5. The van der Waals surface area contributed by atoms with Gasteiger partial charge in [0.15, 0.2) is 0 Å². The second-order valence-corrected chi connectivity index (χ2v) is 17.8. The van der Waals surface area contributed by atoms with Crippen molar-refractivity contribution in [3.05, 3.63) is 70.8 Å². The van der Waals surface area contributed by atoms with E-state index in [-0.39, 0.29) is 6.54 Å². The number of likely N-dealkylation sites (N-methyl/N-ethyl adjacent to an activating group) is 1. The lowest BCUT2D eigenvalue weighted by Gasteiger charge is -2.37. The molecule has 5 nitrogen and oxygen atoms in total. The van der Waals surface area contributed by atoms with Crippen LogP contribution >= 0.6 is 0 Å². The van der Waals surface area contributed by atoms with Crippen molar-refractivity contribution >= 4 is 10.1 Å². The summed E-state index contributed by atoms with van der Waals surface area (Å²) in [4.78, 5) is 0. The third kappa shape index (κ3) is 23.1. The van der Waals surface area contributed by atoms with Crippen LogP contribution in [0.1, 0.15) is 190 Å². The summed E-state index contributed by atoms with van der Waals surface area (Å²) in [6.45, 7) is 6.20. The van der Waals surface area contributed by atoms with Gasteiger partial charge in [0.1, 0.15) is 31.5 Å². The first-order chi connectivity index (χ1) is 25.2. The highest BCUT2D eigenvalue weighted by Gasteiger charge is 2.30. The third-order valence-electron chi connectivity index (χ3n) is 11.0. The van der Waals surface area contributed by atoms with Crippen LogP contribution in [0.5, 0.6) is 0 Å². The van der Waals surface area contributed by atoms with Crippen LogP contribution in [0.2, 0.25) is 0 Å². The number of rotatable bonds is 34. The van der Waals surface area contributed by atoms with Crippen LogP contribution in [0, 0.1) is 0 Å². The minimum absolute atomic E-state index is 0.250. The molecule has 1 atom stereocenters. The Morgan fingerprint density at radius 3 is 1.10 bits per heavy atom. The fourth-order valence-electron chi connectivity index (χ4n) is 8.04. The predicted molar refractivity (Wildman–Crippen MR) is 223 cm³/mol. The Morgan fingerprint density at radius 2 is 0.788 bits per heavy atom. The molecule has 0 saturated heterocycles. The molecule has 6 heteroatoms. The van der Waals surface area contributed by atoms with Gasteiger partial charge in [0.25, 0.3) is 10.1 Å². The van der Waals surface area contributed by atoms with E-state index in [4.69, 9.17) is 0 Å². The molecule has 2 aromatic carbocycles. The number of quaternary nitrogens is 1. The number of unbranched alkanes of at least 4 members (excludes halogenated alkanes) is 22. The van der Waals surface area contributed by atoms with Crippen molar-refractivity contribution in [2.24, 2.45) is 0 Å². The molecular weight excluding hydrogens is 663 g/mol. The zero-order valence-electron chi connectivity index (χ0n) is 34.0. The van der Waals surface area contributed by atoms with Crippen LogP contribution < -0.4 is 0 Å². The van der Waals surface area contributed by atoms with Crippen LogP contribution in [-0.2, 0) is 36.0 Å². The van der Waals surface area contributed by atoms with Crippen LogP contribution in [0.15, 0.2) is 48.5 Å². The lowest BCUT2D eigenvalue weighted by atomic mass is 9.97. The lowest BCUT2D eigenvalue weighted by Crippen LogP contribution is -2.49. The van der Waals surface area contributed by atoms with Gasteiger partial charge in [0.05, 0.1) is 7.05 Å². The van der Waals surface area contributed by atoms with Crippen LogP contribution in [0.4, 0.5) is 0 Å². The second-order valence-electron chi connectivity index (χ2n) is 16.3. The molecule has 1 unspecified atom stereocenters. The average molecular weight is 743 g/mol. The predicted octanol–water partition coefficient (Wildman–Crippen LogP) is 12.6. The van der Waals surface area contributed by atoms with Crippen molar-refractivity contribution in [3.63, 3.8) is 0 Å². The Bertz CT molecular complexity index is 1190. The SMILES string of the molecule is CCCCCCCCCCCCCCc1ccccc1C[N+](C)(Cc1ccccc1CCCCCCCCCCCCCC)CC(O)CS(=O)(=O)O. The van der Waals surface area contributed by atoms with E-state index >= 15 is 0 Å². The van der Waals surface area contributed by atoms with E-state index in [1.54, 1.807) is 0 Å². The molecule has 0 aromatic heterocycles. The molecule has 0 heterocycles. The maximum atomic E-state index is 11.7. The molecule has 0 saturated carbocycles. The van der Waals surface area contributed by atoms with E-state index in [1.165, 1.54) is 176 Å². The molecule has 0 amide bonds. The number of aliphatic hydroxyl groups excluding tert-OH is 1. The van der Waals surface area contributed by atoms with Gasteiger partial charge in [0.2, 0.25) is 0 Å². The van der Waals surface area contributed by atoms with Crippen LogP contribution in [0.25, 0.3) is 0 Å². The zero-order valence-corrected chi connectivity index (χ0v) is 34.8. The molecule has 2 rings (SSSR count). The number of nitrogens with zero attached hydrogens (tertiary/aromatic N) is 1. The van der Waals surface area contributed by atoms with Gasteiger partial charge < -0.3 is 9.59 Å². The van der Waals surface area contributed by atoms with Gasteiger partial charge in [-0.05, 0) is 36.8 Å². The van der Waals surface area contributed by atoms with Crippen molar-refractivity contribution in [2.45, 2.75) is 200 Å². The Kier molecular flexibility index (Phi) is 25.6. The maximum Gasteiger partial charge on any atom is 0.267 e. The van der Waals surface area contributed by atoms with E-state index < -0.39 is 22.0 Å². The molecular formula is C46H80NO4S+. The fraction of sp³-hybridized carbons (Fsp3) is 0.739. The Hall–Kier alpha value is -1.73. The highest BCUT2D eigenvalue weighted by Crippen LogP contribution is 2.25. The van der Waals surface area contributed by atoms with Crippen molar-refractivity contribution in [3.8, 4) is 0 Å². The number of aryl methyl sites for hydroxylation is 2. The topological polar surface area (TPSA) is 74.6 Å². The number of aliphatic hydroxyl groups is 1. The Morgan fingerprint density at radius 1 is 0.500 bits per heavy atom. The highest BCUT2D eigenvalue weighted by molar-refractivity contribution is 7.85. The molecule has 0 aliphatic heterocycles. The smallest absolute Gasteiger partial charge is 0.267 e. The van der Waals surface area contributed by atoms with Gasteiger partial charge in [-0.25, -0.2) is 0 Å². The van der Waals surface area contributed by atoms with Crippen LogP contribution in [0.3, 0.4) is 0 Å². The largest absolute Gasteiger partial charge is 0.386 e. The van der Waals surface area contributed by atoms with Gasteiger partial charge in [-0.3, -0.25) is 4.55 Å². The van der Waals surface area contributed by atoms with E-state index in [0.717, 1.165) is 12.8 Å². The van der Waals surface area contributed by atoms with E-state index in [1.807, 2.05) is 0 Å². The van der Waals surface area contributed by atoms with Gasteiger partial charge >= 0.3 is 0 Å². The molecule has 0 bridgehead atoms. The summed E-state index contributed by atoms with van der Waals surface area (Å²) in [5, 5.41) is 10.9. The van der Waals surface area contributed by atoms with Crippen molar-refractivity contribution in [1.82, 2.24) is 0 Å². The first-order valence-electron chi connectivity index (χ1n) is 21.8. The molecule has 298 valence electrons. The number of benzene rings is 2. The number of hydrogen-bond acceptors (Lipinski definition) is 3. The monoisotopic (exact) mass is 743 g/mol. The van der Waals surface area contributed by atoms with Gasteiger partial charge in [-0.15, -0.1) is 0 Å². The summed E-state index contributed by atoms with van der Waals surface area (Å²) in [6, 6.07) is 17.4. The molecule has 0 spiro atoms. The summed E-state index contributed by atoms with van der Waals surface area (Å²) in [6.07, 6.45) is 33.0. The molecule has 2 aromatic rings. The van der Waals surface area contributed by atoms with E-state index in [2.05, 4.69) is 69.4 Å². The lowest BCUT2D eigenvalue weighted by molar-refractivity contribution is -0.938.